The SMILES string of the molecule is CCNC(=NCC(C)(O)CN1CCOCC1)NCCC1CCN(C)CC1. The average molecular weight is 370 g/mol. The van der Waals surface area contributed by atoms with Crippen molar-refractivity contribution in [2.75, 3.05) is 72.6 Å². The van der Waals surface area contributed by atoms with Crippen LogP contribution in [-0.2, 0) is 4.74 Å². The van der Waals surface area contributed by atoms with Gasteiger partial charge in [0.15, 0.2) is 5.96 Å². The second-order valence-corrected chi connectivity index (χ2v) is 8.04. The van der Waals surface area contributed by atoms with E-state index in [-0.39, 0.29) is 0 Å². The topological polar surface area (TPSA) is 72.4 Å². The lowest BCUT2D eigenvalue weighted by Gasteiger charge is -2.33. The fourth-order valence-electron chi connectivity index (χ4n) is 3.63. The van der Waals surface area contributed by atoms with E-state index in [9.17, 15) is 5.11 Å². The molecule has 0 aromatic heterocycles. The lowest BCUT2D eigenvalue weighted by molar-refractivity contribution is -0.0180. The van der Waals surface area contributed by atoms with Crippen molar-refractivity contribution in [2.24, 2.45) is 10.9 Å². The lowest BCUT2D eigenvalue weighted by atomic mass is 9.94. The molecule has 2 aliphatic rings. The number of hydrogen-bond acceptors (Lipinski definition) is 5. The molecule has 0 saturated carbocycles. The standard InChI is InChI=1S/C19H39N5O2/c1-4-20-18(21-8-5-17-6-9-23(3)10-7-17)22-15-19(2,25)16-24-11-13-26-14-12-24/h17,25H,4-16H2,1-3H3,(H2,20,21,22). The maximum Gasteiger partial charge on any atom is 0.191 e. The van der Waals surface area contributed by atoms with Gasteiger partial charge in [-0.25, -0.2) is 0 Å². The summed E-state index contributed by atoms with van der Waals surface area (Å²) in [4.78, 5) is 9.28. The van der Waals surface area contributed by atoms with E-state index in [0.29, 0.717) is 13.1 Å². The molecule has 26 heavy (non-hydrogen) atoms. The molecular formula is C19H39N5O2. The Morgan fingerprint density at radius 2 is 1.88 bits per heavy atom. The first kappa shape index (κ1) is 21.4. The number of piperidine rings is 1. The second kappa shape index (κ2) is 11.1. The molecule has 2 heterocycles. The summed E-state index contributed by atoms with van der Waals surface area (Å²) >= 11 is 0. The highest BCUT2D eigenvalue weighted by atomic mass is 16.5. The second-order valence-electron chi connectivity index (χ2n) is 8.04. The third kappa shape index (κ3) is 8.20. The normalized spacial score (nSPS) is 23.6. The fraction of sp³-hybridized carbons (Fsp3) is 0.947. The number of aliphatic imine (C=N–C) groups is 1. The van der Waals surface area contributed by atoms with Gasteiger partial charge in [0.2, 0.25) is 0 Å². The number of likely N-dealkylation sites (tertiary alicyclic amines) is 1. The summed E-state index contributed by atoms with van der Waals surface area (Å²) < 4.78 is 5.37. The van der Waals surface area contributed by atoms with Gasteiger partial charge in [-0.15, -0.1) is 0 Å². The zero-order valence-corrected chi connectivity index (χ0v) is 17.0. The molecule has 2 rings (SSSR count). The van der Waals surface area contributed by atoms with Gasteiger partial charge in [-0.2, -0.15) is 0 Å². The molecule has 2 aliphatic heterocycles. The third-order valence-electron chi connectivity index (χ3n) is 5.27. The maximum absolute atomic E-state index is 10.7. The number of morpholine rings is 1. The molecule has 0 aromatic rings. The van der Waals surface area contributed by atoms with E-state index >= 15 is 0 Å². The summed E-state index contributed by atoms with van der Waals surface area (Å²) in [6, 6.07) is 0. The van der Waals surface area contributed by atoms with Gasteiger partial charge in [-0.3, -0.25) is 9.89 Å². The highest BCUT2D eigenvalue weighted by molar-refractivity contribution is 5.79. The van der Waals surface area contributed by atoms with E-state index in [4.69, 9.17) is 4.74 Å². The van der Waals surface area contributed by atoms with Crippen molar-refractivity contribution >= 4 is 5.96 Å². The van der Waals surface area contributed by atoms with Crippen LogP contribution >= 0.6 is 0 Å². The van der Waals surface area contributed by atoms with Crippen molar-refractivity contribution < 1.29 is 9.84 Å². The molecule has 2 saturated heterocycles. The van der Waals surface area contributed by atoms with Gasteiger partial charge in [0, 0.05) is 32.7 Å². The van der Waals surface area contributed by atoms with Crippen molar-refractivity contribution in [1.82, 2.24) is 20.4 Å². The van der Waals surface area contributed by atoms with E-state index in [2.05, 4.69) is 39.4 Å². The lowest BCUT2D eigenvalue weighted by Crippen LogP contribution is -2.48. The molecule has 152 valence electrons. The number of hydrogen-bond donors (Lipinski definition) is 3. The average Bonchev–Trinajstić information content (AvgIpc) is 2.62. The first-order chi connectivity index (χ1) is 12.5. The van der Waals surface area contributed by atoms with Crippen molar-refractivity contribution in [2.45, 2.75) is 38.7 Å². The van der Waals surface area contributed by atoms with Gasteiger partial charge in [0.25, 0.3) is 0 Å². The molecule has 0 spiro atoms. The monoisotopic (exact) mass is 369 g/mol. The summed E-state index contributed by atoms with van der Waals surface area (Å²) in [6.07, 6.45) is 3.77. The Morgan fingerprint density at radius 3 is 2.54 bits per heavy atom. The quantitative estimate of drug-likeness (QED) is 0.424. The Bertz CT molecular complexity index is 416. The maximum atomic E-state index is 10.7. The predicted octanol–water partition coefficient (Wildman–Crippen LogP) is 0.357. The Balaban J connectivity index is 1.73. The zero-order valence-electron chi connectivity index (χ0n) is 17.0. The van der Waals surface area contributed by atoms with Crippen LogP contribution < -0.4 is 10.6 Å². The zero-order chi connectivity index (χ0) is 18.8. The van der Waals surface area contributed by atoms with E-state index in [1.54, 1.807) is 0 Å². The molecule has 0 bridgehead atoms. The summed E-state index contributed by atoms with van der Waals surface area (Å²) in [5.41, 5.74) is -0.826. The van der Waals surface area contributed by atoms with Crippen LogP contribution in [0.15, 0.2) is 4.99 Å². The summed E-state index contributed by atoms with van der Waals surface area (Å²) in [5.74, 6) is 1.62. The van der Waals surface area contributed by atoms with Crippen molar-refractivity contribution in [3.63, 3.8) is 0 Å². The minimum atomic E-state index is -0.826. The number of β-amino-alcohol motifs (C(OH)–C–C–N with tert-alkyl or cyclic N) is 1. The number of ether oxygens (including phenoxy) is 1. The number of aliphatic hydroxyl groups is 1. The molecule has 1 unspecified atom stereocenters. The van der Waals surface area contributed by atoms with Crippen LogP contribution in [0.4, 0.5) is 0 Å². The minimum absolute atomic E-state index is 0.397. The minimum Gasteiger partial charge on any atom is -0.387 e. The van der Waals surface area contributed by atoms with Crippen LogP contribution in [0, 0.1) is 5.92 Å². The first-order valence-electron chi connectivity index (χ1n) is 10.2. The van der Waals surface area contributed by atoms with Crippen LogP contribution in [0.25, 0.3) is 0 Å². The first-order valence-corrected chi connectivity index (χ1v) is 10.2. The Labute approximate surface area is 159 Å². The highest BCUT2D eigenvalue weighted by Gasteiger charge is 2.25. The van der Waals surface area contributed by atoms with Crippen LogP contribution in [0.2, 0.25) is 0 Å². The highest BCUT2D eigenvalue weighted by Crippen LogP contribution is 2.18. The Morgan fingerprint density at radius 1 is 1.19 bits per heavy atom. The van der Waals surface area contributed by atoms with Gasteiger partial charge >= 0.3 is 0 Å². The van der Waals surface area contributed by atoms with Gasteiger partial charge in [0.1, 0.15) is 0 Å². The molecule has 7 heteroatoms. The van der Waals surface area contributed by atoms with Crippen LogP contribution in [0.5, 0.6) is 0 Å². The van der Waals surface area contributed by atoms with Crippen molar-refractivity contribution in [1.29, 1.82) is 0 Å². The fourth-order valence-corrected chi connectivity index (χ4v) is 3.63. The van der Waals surface area contributed by atoms with Gasteiger partial charge in [-0.1, -0.05) is 0 Å². The molecule has 0 aliphatic carbocycles. The largest absolute Gasteiger partial charge is 0.387 e. The summed E-state index contributed by atoms with van der Waals surface area (Å²) in [7, 11) is 2.20. The summed E-state index contributed by atoms with van der Waals surface area (Å²) in [5, 5.41) is 17.4. The van der Waals surface area contributed by atoms with E-state index < -0.39 is 5.60 Å². The smallest absolute Gasteiger partial charge is 0.191 e. The molecule has 0 radical (unpaired) electrons. The molecule has 0 aromatic carbocycles. The van der Waals surface area contributed by atoms with E-state index in [1.807, 2.05) is 6.92 Å². The van der Waals surface area contributed by atoms with Gasteiger partial charge in [0.05, 0.1) is 25.4 Å². The number of nitrogens with one attached hydrogen (secondary N) is 2. The van der Waals surface area contributed by atoms with E-state index in [1.165, 1.54) is 32.4 Å². The van der Waals surface area contributed by atoms with Crippen molar-refractivity contribution in [3.8, 4) is 0 Å². The molecule has 3 N–H and O–H groups in total. The van der Waals surface area contributed by atoms with Gasteiger partial charge in [-0.05, 0) is 59.2 Å². The molecule has 2 fully saturated rings. The third-order valence-corrected chi connectivity index (χ3v) is 5.27. The van der Waals surface area contributed by atoms with Crippen LogP contribution in [0.3, 0.4) is 0 Å². The van der Waals surface area contributed by atoms with Gasteiger partial charge < -0.3 is 25.4 Å². The molecule has 1 atom stereocenters. The van der Waals surface area contributed by atoms with Crippen LogP contribution in [-0.4, -0.2) is 99.1 Å². The van der Waals surface area contributed by atoms with Crippen molar-refractivity contribution in [3.05, 3.63) is 0 Å². The predicted molar refractivity (Wildman–Crippen MR) is 107 cm³/mol. The Kier molecular flexibility index (Phi) is 9.11. The van der Waals surface area contributed by atoms with E-state index in [0.717, 1.165) is 51.3 Å². The number of rotatable bonds is 8. The molecule has 0 amide bonds. The molecular weight excluding hydrogens is 330 g/mol. The number of guanidine groups is 1. The Hall–Kier alpha value is -0.890. The van der Waals surface area contributed by atoms with Crippen LogP contribution in [0.1, 0.15) is 33.1 Å². The summed E-state index contributed by atoms with van der Waals surface area (Å²) in [6.45, 7) is 12.4. The number of nitrogens with zero attached hydrogens (tertiary/aromatic N) is 3. The molecule has 7 nitrogen and oxygen atoms in total.